The van der Waals surface area contributed by atoms with Crippen molar-refractivity contribution in [1.82, 2.24) is 5.32 Å². The molecule has 0 saturated heterocycles. The highest BCUT2D eigenvalue weighted by Crippen LogP contribution is 2.16. The van der Waals surface area contributed by atoms with E-state index in [1.807, 2.05) is 0 Å². The van der Waals surface area contributed by atoms with Crippen molar-refractivity contribution >= 4 is 11.9 Å². The van der Waals surface area contributed by atoms with Crippen LogP contribution in [0.1, 0.15) is 25.7 Å². The summed E-state index contributed by atoms with van der Waals surface area (Å²) < 4.78 is 0. The van der Waals surface area contributed by atoms with Crippen LogP contribution in [0.25, 0.3) is 0 Å². The Morgan fingerprint density at radius 1 is 1.20 bits per heavy atom. The first kappa shape index (κ1) is 11.7. The van der Waals surface area contributed by atoms with Gasteiger partial charge in [0.2, 0.25) is 5.91 Å². The normalized spacial score (nSPS) is 26.5. The monoisotopic (exact) mass is 212 g/mol. The summed E-state index contributed by atoms with van der Waals surface area (Å²) in [5, 5.41) is 11.1. The Balaban J connectivity index is 2.29. The third-order valence-corrected chi connectivity index (χ3v) is 2.50. The number of nitrogens with two attached hydrogens (primary N) is 1. The molecule has 0 unspecified atom stereocenters. The van der Waals surface area contributed by atoms with Gasteiger partial charge in [-0.3, -0.25) is 4.79 Å². The lowest BCUT2D eigenvalue weighted by atomic mass is 9.92. The Labute approximate surface area is 88.3 Å². The fraction of sp³-hybridized carbons (Fsp3) is 0.600. The van der Waals surface area contributed by atoms with Gasteiger partial charge in [0.05, 0.1) is 0 Å². The molecule has 0 aromatic rings. The summed E-state index contributed by atoms with van der Waals surface area (Å²) in [4.78, 5) is 21.4. The third-order valence-electron chi connectivity index (χ3n) is 2.50. The van der Waals surface area contributed by atoms with Gasteiger partial charge in [-0.05, 0) is 25.7 Å². The molecule has 1 aliphatic carbocycles. The Morgan fingerprint density at radius 3 is 2.33 bits per heavy atom. The van der Waals surface area contributed by atoms with Gasteiger partial charge in [0.25, 0.3) is 0 Å². The zero-order valence-corrected chi connectivity index (χ0v) is 8.48. The Hall–Kier alpha value is -1.36. The molecular formula is C10H16N2O3. The number of hydrogen-bond acceptors (Lipinski definition) is 3. The van der Waals surface area contributed by atoms with Crippen LogP contribution in [-0.2, 0) is 9.59 Å². The minimum Gasteiger partial charge on any atom is -0.478 e. The van der Waals surface area contributed by atoms with Crippen molar-refractivity contribution in [3.63, 3.8) is 0 Å². The average Bonchev–Trinajstić information content (AvgIpc) is 2.19. The van der Waals surface area contributed by atoms with Gasteiger partial charge in [-0.25, -0.2) is 4.79 Å². The van der Waals surface area contributed by atoms with E-state index in [1.54, 1.807) is 0 Å². The number of rotatable bonds is 3. The van der Waals surface area contributed by atoms with Crippen molar-refractivity contribution < 1.29 is 14.7 Å². The van der Waals surface area contributed by atoms with Gasteiger partial charge in [0, 0.05) is 24.2 Å². The average molecular weight is 212 g/mol. The molecule has 0 aromatic carbocycles. The predicted molar refractivity (Wildman–Crippen MR) is 55.1 cm³/mol. The van der Waals surface area contributed by atoms with E-state index in [9.17, 15) is 9.59 Å². The molecule has 1 fully saturated rings. The van der Waals surface area contributed by atoms with Crippen LogP contribution in [0.15, 0.2) is 12.2 Å². The summed E-state index contributed by atoms with van der Waals surface area (Å²) in [7, 11) is 0. The van der Waals surface area contributed by atoms with Crippen LogP contribution in [0.5, 0.6) is 0 Å². The molecule has 0 bridgehead atoms. The third kappa shape index (κ3) is 4.60. The molecule has 0 spiro atoms. The van der Waals surface area contributed by atoms with Crippen LogP contribution >= 0.6 is 0 Å². The Kier molecular flexibility index (Phi) is 4.30. The summed E-state index contributed by atoms with van der Waals surface area (Å²) in [5.41, 5.74) is 5.72. The molecule has 0 aliphatic heterocycles. The van der Waals surface area contributed by atoms with Crippen LogP contribution in [0, 0.1) is 0 Å². The van der Waals surface area contributed by atoms with E-state index in [0.717, 1.165) is 37.8 Å². The largest absolute Gasteiger partial charge is 0.478 e. The maximum absolute atomic E-state index is 11.2. The van der Waals surface area contributed by atoms with Gasteiger partial charge in [0.15, 0.2) is 0 Å². The summed E-state index contributed by atoms with van der Waals surface area (Å²) in [5.74, 6) is -1.46. The number of carbonyl (C=O) groups is 2. The predicted octanol–water partition coefficient (Wildman–Crippen LogP) is 0.0133. The first-order chi connectivity index (χ1) is 7.08. The highest BCUT2D eigenvalue weighted by atomic mass is 16.4. The molecule has 0 atom stereocenters. The quantitative estimate of drug-likeness (QED) is 0.575. The molecule has 0 heterocycles. The minimum absolute atomic E-state index is 0.135. The number of amides is 1. The summed E-state index contributed by atoms with van der Waals surface area (Å²) >= 11 is 0. The molecule has 4 N–H and O–H groups in total. The van der Waals surface area contributed by atoms with Gasteiger partial charge in [-0.15, -0.1) is 0 Å². The maximum atomic E-state index is 11.2. The summed E-state index contributed by atoms with van der Waals surface area (Å²) in [6, 6.07) is 0.378. The van der Waals surface area contributed by atoms with E-state index >= 15 is 0 Å². The number of carboxylic acids is 1. The lowest BCUT2D eigenvalue weighted by Crippen LogP contribution is -2.39. The lowest BCUT2D eigenvalue weighted by Gasteiger charge is -2.26. The minimum atomic E-state index is -1.11. The fourth-order valence-corrected chi connectivity index (χ4v) is 1.66. The Bertz CT molecular complexity index is 268. The summed E-state index contributed by atoms with van der Waals surface area (Å²) in [6.07, 6.45) is 5.43. The standard InChI is InChI=1S/C10H16N2O3/c11-7-1-3-8(4-2-7)12-9(13)5-6-10(14)15/h5-8H,1-4,11H2,(H,12,13)(H,14,15)/b6-5-. The second-order valence-electron chi connectivity index (χ2n) is 3.79. The van der Waals surface area contributed by atoms with Crippen LogP contribution in [0.4, 0.5) is 0 Å². The van der Waals surface area contributed by atoms with Crippen LogP contribution < -0.4 is 11.1 Å². The molecule has 0 aromatic heterocycles. The molecule has 5 nitrogen and oxygen atoms in total. The highest BCUT2D eigenvalue weighted by molar-refractivity contribution is 5.93. The van der Waals surface area contributed by atoms with Crippen LogP contribution in [0.3, 0.4) is 0 Å². The van der Waals surface area contributed by atoms with E-state index in [2.05, 4.69) is 5.32 Å². The van der Waals surface area contributed by atoms with Crippen molar-refractivity contribution in [1.29, 1.82) is 0 Å². The maximum Gasteiger partial charge on any atom is 0.328 e. The van der Waals surface area contributed by atoms with Crippen molar-refractivity contribution in [2.24, 2.45) is 5.73 Å². The van der Waals surface area contributed by atoms with E-state index in [1.165, 1.54) is 0 Å². The molecule has 1 rings (SSSR count). The van der Waals surface area contributed by atoms with Crippen molar-refractivity contribution in [3.05, 3.63) is 12.2 Å². The van der Waals surface area contributed by atoms with E-state index < -0.39 is 5.97 Å². The van der Waals surface area contributed by atoms with Crippen LogP contribution in [0.2, 0.25) is 0 Å². The van der Waals surface area contributed by atoms with E-state index in [-0.39, 0.29) is 18.0 Å². The van der Waals surface area contributed by atoms with E-state index in [4.69, 9.17) is 10.8 Å². The van der Waals surface area contributed by atoms with Gasteiger partial charge >= 0.3 is 5.97 Å². The molecule has 5 heteroatoms. The fourth-order valence-electron chi connectivity index (χ4n) is 1.66. The SMILES string of the molecule is NC1CCC(NC(=O)/C=C\C(=O)O)CC1. The second kappa shape index (κ2) is 5.50. The van der Waals surface area contributed by atoms with Gasteiger partial charge < -0.3 is 16.2 Å². The van der Waals surface area contributed by atoms with Gasteiger partial charge in [0.1, 0.15) is 0 Å². The van der Waals surface area contributed by atoms with Crippen molar-refractivity contribution in [2.45, 2.75) is 37.8 Å². The Morgan fingerprint density at radius 2 is 1.80 bits per heavy atom. The molecule has 0 radical (unpaired) electrons. The summed E-state index contributed by atoms with van der Waals surface area (Å²) in [6.45, 7) is 0. The molecule has 15 heavy (non-hydrogen) atoms. The van der Waals surface area contributed by atoms with Gasteiger partial charge in [-0.1, -0.05) is 0 Å². The van der Waals surface area contributed by atoms with E-state index in [0.29, 0.717) is 0 Å². The number of aliphatic carboxylic acids is 1. The molecule has 1 amide bonds. The second-order valence-corrected chi connectivity index (χ2v) is 3.79. The molecule has 84 valence electrons. The lowest BCUT2D eigenvalue weighted by molar-refractivity contribution is -0.131. The van der Waals surface area contributed by atoms with Crippen molar-refractivity contribution in [3.8, 4) is 0 Å². The first-order valence-corrected chi connectivity index (χ1v) is 5.05. The molecular weight excluding hydrogens is 196 g/mol. The topological polar surface area (TPSA) is 92.4 Å². The number of hydrogen-bond donors (Lipinski definition) is 3. The number of nitrogens with one attached hydrogen (secondary N) is 1. The number of carbonyl (C=O) groups excluding carboxylic acids is 1. The van der Waals surface area contributed by atoms with Crippen LogP contribution in [-0.4, -0.2) is 29.1 Å². The van der Waals surface area contributed by atoms with Crippen molar-refractivity contribution in [2.75, 3.05) is 0 Å². The zero-order chi connectivity index (χ0) is 11.3. The van der Waals surface area contributed by atoms with Gasteiger partial charge in [-0.2, -0.15) is 0 Å². The smallest absolute Gasteiger partial charge is 0.328 e. The highest BCUT2D eigenvalue weighted by Gasteiger charge is 2.18. The number of carboxylic acid groups (broad SMARTS) is 1. The molecule has 1 aliphatic rings. The first-order valence-electron chi connectivity index (χ1n) is 5.05. The zero-order valence-electron chi connectivity index (χ0n) is 8.48. The molecule has 1 saturated carbocycles.